The molecule has 1 fully saturated rings. The van der Waals surface area contributed by atoms with Crippen LogP contribution in [-0.4, -0.2) is 38.8 Å². The number of aliphatic carboxylic acids is 1. The number of hydrogen-bond acceptors (Lipinski definition) is 3. The van der Waals surface area contributed by atoms with Crippen LogP contribution in [0.5, 0.6) is 0 Å². The second kappa shape index (κ2) is 7.41. The average molecular weight is 376 g/mol. The molecule has 2 aromatic rings. The number of halogens is 1. The van der Waals surface area contributed by atoms with Gasteiger partial charge in [-0.05, 0) is 35.6 Å². The van der Waals surface area contributed by atoms with E-state index in [0.717, 1.165) is 16.8 Å². The van der Waals surface area contributed by atoms with E-state index in [9.17, 15) is 9.90 Å². The molecule has 26 heavy (non-hydrogen) atoms. The molecule has 1 aromatic carbocycles. The van der Waals surface area contributed by atoms with Crippen LogP contribution in [0.3, 0.4) is 0 Å². The van der Waals surface area contributed by atoms with Gasteiger partial charge < -0.3 is 5.11 Å². The lowest BCUT2D eigenvalue weighted by atomic mass is 9.88. The zero-order valence-corrected chi connectivity index (χ0v) is 16.5. The van der Waals surface area contributed by atoms with Gasteiger partial charge in [0.05, 0.1) is 17.8 Å². The molecule has 0 saturated carbocycles. The van der Waals surface area contributed by atoms with Gasteiger partial charge >= 0.3 is 5.97 Å². The Bertz CT molecular complexity index is 815. The van der Waals surface area contributed by atoms with Gasteiger partial charge in [-0.2, -0.15) is 5.10 Å². The number of aryl methyl sites for hydroxylation is 2. The number of nitrogens with zero attached hydrogens (tertiary/aromatic N) is 3. The lowest BCUT2D eigenvalue weighted by Gasteiger charge is -2.19. The van der Waals surface area contributed by atoms with Crippen LogP contribution >= 0.6 is 11.6 Å². The van der Waals surface area contributed by atoms with Crippen molar-refractivity contribution in [3.63, 3.8) is 0 Å². The summed E-state index contributed by atoms with van der Waals surface area (Å²) >= 11 is 6.44. The molecule has 0 aliphatic carbocycles. The van der Waals surface area contributed by atoms with Crippen LogP contribution in [0.4, 0.5) is 0 Å². The highest BCUT2D eigenvalue weighted by Crippen LogP contribution is 2.37. The monoisotopic (exact) mass is 375 g/mol. The van der Waals surface area contributed by atoms with Gasteiger partial charge in [0.15, 0.2) is 0 Å². The molecule has 2 atom stereocenters. The zero-order chi connectivity index (χ0) is 19.0. The van der Waals surface area contributed by atoms with Crippen LogP contribution in [0.25, 0.3) is 0 Å². The van der Waals surface area contributed by atoms with Crippen LogP contribution in [0.15, 0.2) is 24.4 Å². The average Bonchev–Trinajstić information content (AvgIpc) is 3.12. The van der Waals surface area contributed by atoms with Crippen LogP contribution in [0.2, 0.25) is 5.02 Å². The third kappa shape index (κ3) is 3.64. The van der Waals surface area contributed by atoms with Gasteiger partial charge in [0.2, 0.25) is 0 Å². The lowest BCUT2D eigenvalue weighted by molar-refractivity contribution is -0.141. The van der Waals surface area contributed by atoms with Crippen molar-refractivity contribution in [2.75, 3.05) is 13.1 Å². The number of aromatic nitrogens is 2. The fourth-order valence-electron chi connectivity index (χ4n) is 3.88. The van der Waals surface area contributed by atoms with Crippen molar-refractivity contribution in [1.29, 1.82) is 0 Å². The topological polar surface area (TPSA) is 58.4 Å². The first-order valence-electron chi connectivity index (χ1n) is 9.00. The fourth-order valence-corrected chi connectivity index (χ4v) is 4.26. The lowest BCUT2D eigenvalue weighted by Crippen LogP contribution is -2.24. The Morgan fingerprint density at radius 1 is 1.38 bits per heavy atom. The van der Waals surface area contributed by atoms with Gasteiger partial charge in [-0.25, -0.2) is 0 Å². The normalized spacial score (nSPS) is 20.8. The van der Waals surface area contributed by atoms with Gasteiger partial charge in [0.1, 0.15) is 0 Å². The van der Waals surface area contributed by atoms with Crippen LogP contribution in [0.1, 0.15) is 48.1 Å². The Labute approximate surface area is 159 Å². The van der Waals surface area contributed by atoms with Crippen molar-refractivity contribution in [2.24, 2.45) is 13.0 Å². The first-order valence-corrected chi connectivity index (χ1v) is 9.37. The molecule has 5 nitrogen and oxygen atoms in total. The quantitative estimate of drug-likeness (QED) is 0.863. The fraction of sp³-hybridized carbons (Fsp3) is 0.500. The smallest absolute Gasteiger partial charge is 0.308 e. The van der Waals surface area contributed by atoms with Crippen LogP contribution in [0, 0.1) is 12.8 Å². The molecule has 1 aliphatic rings. The first kappa shape index (κ1) is 18.9. The zero-order valence-electron chi connectivity index (χ0n) is 15.7. The third-order valence-electron chi connectivity index (χ3n) is 5.36. The Hall–Kier alpha value is -1.85. The van der Waals surface area contributed by atoms with E-state index in [0.29, 0.717) is 30.6 Å². The van der Waals surface area contributed by atoms with Crippen molar-refractivity contribution in [2.45, 2.75) is 39.2 Å². The molecule has 140 valence electrons. The van der Waals surface area contributed by atoms with E-state index in [1.807, 2.05) is 43.0 Å². The molecule has 3 rings (SSSR count). The molecule has 0 bridgehead atoms. The Kier molecular flexibility index (Phi) is 5.39. The number of likely N-dealkylation sites (tertiary alicyclic amines) is 1. The SMILES string of the molecule is Cc1ccc([C@H]2CN(Cc3c(C(C)C)cnn3C)C[C@@H]2C(=O)O)c(Cl)c1. The highest BCUT2D eigenvalue weighted by molar-refractivity contribution is 6.31. The number of benzene rings is 1. The molecule has 0 unspecified atom stereocenters. The second-order valence-corrected chi connectivity index (χ2v) is 8.00. The maximum atomic E-state index is 11.9. The van der Waals surface area contributed by atoms with Crippen molar-refractivity contribution in [3.05, 3.63) is 51.8 Å². The van der Waals surface area contributed by atoms with E-state index in [-0.39, 0.29) is 5.92 Å². The summed E-state index contributed by atoms with van der Waals surface area (Å²) < 4.78 is 1.90. The number of carbonyl (C=O) groups is 1. The van der Waals surface area contributed by atoms with E-state index in [1.54, 1.807) is 0 Å². The molecule has 1 saturated heterocycles. The maximum Gasteiger partial charge on any atom is 0.308 e. The van der Waals surface area contributed by atoms with Crippen LogP contribution < -0.4 is 0 Å². The van der Waals surface area contributed by atoms with Crippen molar-refractivity contribution in [1.82, 2.24) is 14.7 Å². The van der Waals surface area contributed by atoms with Crippen LogP contribution in [-0.2, 0) is 18.4 Å². The number of carboxylic acids is 1. The van der Waals surface area contributed by atoms with Gasteiger partial charge in [-0.3, -0.25) is 14.4 Å². The summed E-state index contributed by atoms with van der Waals surface area (Å²) in [5, 5.41) is 14.8. The Morgan fingerprint density at radius 2 is 2.12 bits per heavy atom. The molecule has 0 amide bonds. The summed E-state index contributed by atoms with van der Waals surface area (Å²) in [6.45, 7) is 8.20. The summed E-state index contributed by atoms with van der Waals surface area (Å²) in [5.74, 6) is -0.926. The molecule has 6 heteroatoms. The minimum absolute atomic E-state index is 0.101. The van der Waals surface area contributed by atoms with Gasteiger partial charge in [-0.1, -0.05) is 37.6 Å². The third-order valence-corrected chi connectivity index (χ3v) is 5.68. The van der Waals surface area contributed by atoms with Crippen molar-refractivity contribution >= 4 is 17.6 Å². The standard InChI is InChI=1S/C20H26ClN3O2/c1-12(2)15-8-22-23(4)19(15)11-24-9-16(17(10-24)20(25)26)14-6-5-13(3)7-18(14)21/h5-8,12,16-17H,9-11H2,1-4H3,(H,25,26)/t16-,17+/m1/s1. The molecule has 1 N–H and O–H groups in total. The van der Waals surface area contributed by atoms with Gasteiger partial charge in [0, 0.05) is 37.6 Å². The molecule has 1 aliphatic heterocycles. The Morgan fingerprint density at radius 3 is 2.73 bits per heavy atom. The van der Waals surface area contributed by atoms with Gasteiger partial charge in [-0.15, -0.1) is 0 Å². The Balaban J connectivity index is 1.86. The largest absolute Gasteiger partial charge is 0.481 e. The molecule has 0 radical (unpaired) electrons. The number of carboxylic acid groups (broad SMARTS) is 1. The maximum absolute atomic E-state index is 11.9. The van der Waals surface area contributed by atoms with E-state index in [2.05, 4.69) is 23.8 Å². The number of rotatable bonds is 5. The molecular weight excluding hydrogens is 350 g/mol. The summed E-state index contributed by atoms with van der Waals surface area (Å²) in [5.41, 5.74) is 4.38. The molecule has 1 aromatic heterocycles. The van der Waals surface area contributed by atoms with E-state index >= 15 is 0 Å². The summed E-state index contributed by atoms with van der Waals surface area (Å²) in [7, 11) is 1.94. The van der Waals surface area contributed by atoms with E-state index in [4.69, 9.17) is 11.6 Å². The van der Waals surface area contributed by atoms with Crippen molar-refractivity contribution < 1.29 is 9.90 Å². The summed E-state index contributed by atoms with van der Waals surface area (Å²) in [6, 6.07) is 5.89. The second-order valence-electron chi connectivity index (χ2n) is 7.60. The minimum atomic E-state index is -0.761. The predicted octanol–water partition coefficient (Wildman–Crippen LogP) is 3.81. The van der Waals surface area contributed by atoms with Crippen molar-refractivity contribution in [3.8, 4) is 0 Å². The van der Waals surface area contributed by atoms with Gasteiger partial charge in [0.25, 0.3) is 0 Å². The molecular formula is C20H26ClN3O2. The highest BCUT2D eigenvalue weighted by Gasteiger charge is 2.39. The van der Waals surface area contributed by atoms with E-state index < -0.39 is 11.9 Å². The summed E-state index contributed by atoms with van der Waals surface area (Å²) in [4.78, 5) is 14.1. The predicted molar refractivity (Wildman–Crippen MR) is 103 cm³/mol. The number of hydrogen-bond donors (Lipinski definition) is 1. The molecule has 0 spiro atoms. The molecule has 2 heterocycles. The first-order chi connectivity index (χ1) is 12.3. The summed E-state index contributed by atoms with van der Waals surface area (Å²) in [6.07, 6.45) is 1.92. The van der Waals surface area contributed by atoms with E-state index in [1.165, 1.54) is 5.56 Å². The highest BCUT2D eigenvalue weighted by atomic mass is 35.5. The minimum Gasteiger partial charge on any atom is -0.481 e.